The van der Waals surface area contributed by atoms with Gasteiger partial charge in [-0.25, -0.2) is 4.68 Å². The van der Waals surface area contributed by atoms with E-state index in [9.17, 15) is 9.59 Å². The van der Waals surface area contributed by atoms with Gasteiger partial charge in [-0.15, -0.1) is 0 Å². The zero-order chi connectivity index (χ0) is 18.8. The summed E-state index contributed by atoms with van der Waals surface area (Å²) < 4.78 is 12.4. The van der Waals surface area contributed by atoms with Gasteiger partial charge in [-0.2, -0.15) is 5.10 Å². The number of benzene rings is 1. The number of amides is 1. The zero-order valence-electron chi connectivity index (χ0n) is 15.2. The van der Waals surface area contributed by atoms with Crippen molar-refractivity contribution in [3.8, 4) is 11.5 Å². The second-order valence-electron chi connectivity index (χ2n) is 6.77. The molecule has 0 spiro atoms. The summed E-state index contributed by atoms with van der Waals surface area (Å²) in [6.07, 6.45) is 1.87. The van der Waals surface area contributed by atoms with E-state index < -0.39 is 0 Å². The third kappa shape index (κ3) is 3.74. The van der Waals surface area contributed by atoms with Gasteiger partial charge in [0.05, 0.1) is 0 Å². The van der Waals surface area contributed by atoms with Crippen LogP contribution in [0.2, 0.25) is 0 Å². The highest BCUT2D eigenvalue weighted by Crippen LogP contribution is 2.33. The number of fused-ring (bicyclic) bond motifs is 1. The van der Waals surface area contributed by atoms with Gasteiger partial charge in [0.1, 0.15) is 18.9 Å². The molecule has 0 bridgehead atoms. The average Bonchev–Trinajstić information content (AvgIpc) is 2.69. The summed E-state index contributed by atoms with van der Waals surface area (Å²) in [5.41, 5.74) is 0.999. The van der Waals surface area contributed by atoms with Gasteiger partial charge in [0, 0.05) is 44.0 Å². The van der Waals surface area contributed by atoms with Gasteiger partial charge in [-0.3, -0.25) is 9.59 Å². The number of ether oxygens (including phenoxy) is 2. The van der Waals surface area contributed by atoms with Gasteiger partial charge in [-0.05, 0) is 31.0 Å². The molecule has 2 aliphatic heterocycles. The van der Waals surface area contributed by atoms with E-state index in [-0.39, 0.29) is 23.2 Å². The van der Waals surface area contributed by atoms with Crippen LogP contribution in [0.25, 0.3) is 0 Å². The molecule has 8 heteroatoms. The van der Waals surface area contributed by atoms with Crippen LogP contribution >= 0.6 is 0 Å². The number of aromatic nitrogens is 2. The maximum Gasteiger partial charge on any atom is 0.274 e. The Bertz CT molecular complexity index is 911. The standard InChI is InChI=1S/C19H22N4O4/c1-22-18(24)7-5-15(21-22)19(25)23-8-2-3-14(12-23)20-13-4-6-16-17(11-13)27-10-9-26-16/h4-7,11,14,20H,2-3,8-10,12H2,1H3/t14-/m0/s1. The molecule has 142 valence electrons. The van der Waals surface area contributed by atoms with E-state index in [2.05, 4.69) is 10.4 Å². The van der Waals surface area contributed by atoms with Crippen molar-refractivity contribution in [1.29, 1.82) is 0 Å². The predicted octanol–water partition coefficient (Wildman–Crippen LogP) is 1.27. The van der Waals surface area contributed by atoms with Crippen molar-refractivity contribution in [2.45, 2.75) is 18.9 Å². The van der Waals surface area contributed by atoms with E-state index in [0.717, 1.165) is 30.0 Å². The molecular weight excluding hydrogens is 348 g/mol. The molecule has 1 N–H and O–H groups in total. The van der Waals surface area contributed by atoms with Crippen molar-refractivity contribution in [3.63, 3.8) is 0 Å². The lowest BCUT2D eigenvalue weighted by Gasteiger charge is -2.33. The van der Waals surface area contributed by atoms with Crippen molar-refractivity contribution in [2.24, 2.45) is 7.05 Å². The Morgan fingerprint density at radius 3 is 2.81 bits per heavy atom. The molecule has 27 heavy (non-hydrogen) atoms. The van der Waals surface area contributed by atoms with E-state index in [4.69, 9.17) is 9.47 Å². The van der Waals surface area contributed by atoms with Gasteiger partial charge in [0.25, 0.3) is 11.5 Å². The molecule has 1 amide bonds. The third-order valence-corrected chi connectivity index (χ3v) is 4.80. The second-order valence-corrected chi connectivity index (χ2v) is 6.77. The summed E-state index contributed by atoms with van der Waals surface area (Å²) >= 11 is 0. The van der Waals surface area contributed by atoms with Crippen molar-refractivity contribution in [3.05, 3.63) is 46.4 Å². The largest absolute Gasteiger partial charge is 0.486 e. The smallest absolute Gasteiger partial charge is 0.274 e. The minimum atomic E-state index is -0.233. The van der Waals surface area contributed by atoms with E-state index in [0.29, 0.717) is 26.3 Å². The highest BCUT2D eigenvalue weighted by atomic mass is 16.6. The molecule has 1 saturated heterocycles. The number of hydrogen-bond acceptors (Lipinski definition) is 6. The van der Waals surface area contributed by atoms with Crippen LogP contribution in [-0.4, -0.2) is 52.9 Å². The lowest BCUT2D eigenvalue weighted by molar-refractivity contribution is 0.0706. The van der Waals surface area contributed by atoms with Crippen LogP contribution in [0.15, 0.2) is 35.1 Å². The van der Waals surface area contributed by atoms with E-state index >= 15 is 0 Å². The lowest BCUT2D eigenvalue weighted by Crippen LogP contribution is -2.45. The van der Waals surface area contributed by atoms with Gasteiger partial charge in [-0.1, -0.05) is 0 Å². The van der Waals surface area contributed by atoms with E-state index in [1.54, 1.807) is 11.9 Å². The zero-order valence-corrected chi connectivity index (χ0v) is 15.2. The maximum atomic E-state index is 12.7. The molecule has 1 atom stereocenters. The Kier molecular flexibility index (Phi) is 4.70. The number of hydrogen-bond donors (Lipinski definition) is 1. The number of anilines is 1. The minimum absolute atomic E-state index is 0.137. The van der Waals surface area contributed by atoms with Gasteiger partial charge in [0.2, 0.25) is 0 Å². The summed E-state index contributed by atoms with van der Waals surface area (Å²) in [5.74, 6) is 1.34. The minimum Gasteiger partial charge on any atom is -0.486 e. The van der Waals surface area contributed by atoms with Crippen molar-refractivity contribution < 1.29 is 14.3 Å². The third-order valence-electron chi connectivity index (χ3n) is 4.80. The normalized spacial score (nSPS) is 18.9. The Balaban J connectivity index is 1.44. The van der Waals surface area contributed by atoms with Crippen molar-refractivity contribution in [2.75, 3.05) is 31.6 Å². The first-order valence-corrected chi connectivity index (χ1v) is 9.10. The number of likely N-dealkylation sites (tertiary alicyclic amines) is 1. The molecule has 0 radical (unpaired) electrons. The van der Waals surface area contributed by atoms with Crippen LogP contribution in [-0.2, 0) is 7.05 Å². The molecule has 4 rings (SSSR count). The Hall–Kier alpha value is -3.03. The molecular formula is C19H22N4O4. The first-order valence-electron chi connectivity index (χ1n) is 9.10. The molecule has 0 aliphatic carbocycles. The van der Waals surface area contributed by atoms with Gasteiger partial charge >= 0.3 is 0 Å². The number of nitrogens with zero attached hydrogens (tertiary/aromatic N) is 3. The first kappa shape index (κ1) is 17.4. The number of nitrogens with one attached hydrogen (secondary N) is 1. The number of carbonyl (C=O) groups is 1. The topological polar surface area (TPSA) is 85.7 Å². The summed E-state index contributed by atoms with van der Waals surface area (Å²) in [5, 5.41) is 7.55. The molecule has 1 aromatic heterocycles. The van der Waals surface area contributed by atoms with Crippen LogP contribution in [0.1, 0.15) is 23.3 Å². The summed E-state index contributed by atoms with van der Waals surface area (Å²) in [6, 6.07) is 8.79. The molecule has 1 aromatic carbocycles. The summed E-state index contributed by atoms with van der Waals surface area (Å²) in [6.45, 7) is 2.38. The van der Waals surface area contributed by atoms with Crippen LogP contribution in [0.4, 0.5) is 5.69 Å². The Labute approximate surface area is 156 Å². The molecule has 0 saturated carbocycles. The van der Waals surface area contributed by atoms with Crippen LogP contribution in [0.5, 0.6) is 11.5 Å². The summed E-state index contributed by atoms with van der Waals surface area (Å²) in [4.78, 5) is 26.0. The van der Waals surface area contributed by atoms with E-state index in [1.165, 1.54) is 16.8 Å². The SMILES string of the molecule is Cn1nc(C(=O)N2CCC[C@H](Nc3ccc4c(c3)OCCO4)C2)ccc1=O. The van der Waals surface area contributed by atoms with Crippen LogP contribution in [0.3, 0.4) is 0 Å². The average molecular weight is 370 g/mol. The quantitative estimate of drug-likeness (QED) is 0.876. The summed E-state index contributed by atoms with van der Waals surface area (Å²) in [7, 11) is 1.54. The monoisotopic (exact) mass is 370 g/mol. The van der Waals surface area contributed by atoms with Crippen molar-refractivity contribution in [1.82, 2.24) is 14.7 Å². The fourth-order valence-electron chi connectivity index (χ4n) is 3.43. The lowest BCUT2D eigenvalue weighted by atomic mass is 10.0. The molecule has 3 heterocycles. The highest BCUT2D eigenvalue weighted by Gasteiger charge is 2.26. The molecule has 8 nitrogen and oxygen atoms in total. The Morgan fingerprint density at radius 2 is 2.00 bits per heavy atom. The number of piperidine rings is 1. The van der Waals surface area contributed by atoms with Crippen molar-refractivity contribution >= 4 is 11.6 Å². The Morgan fingerprint density at radius 1 is 1.19 bits per heavy atom. The van der Waals surface area contributed by atoms with Crippen LogP contribution in [0, 0.1) is 0 Å². The molecule has 1 fully saturated rings. The first-order chi connectivity index (χ1) is 13.1. The fourth-order valence-corrected chi connectivity index (χ4v) is 3.43. The molecule has 0 unspecified atom stereocenters. The maximum absolute atomic E-state index is 12.7. The fraction of sp³-hybridized carbons (Fsp3) is 0.421. The van der Waals surface area contributed by atoms with E-state index in [1.807, 2.05) is 18.2 Å². The molecule has 2 aliphatic rings. The predicted molar refractivity (Wildman–Crippen MR) is 99.5 cm³/mol. The van der Waals surface area contributed by atoms with Gasteiger partial charge in [0.15, 0.2) is 11.5 Å². The second kappa shape index (κ2) is 7.30. The number of carbonyl (C=O) groups excluding carboxylic acids is 1. The highest BCUT2D eigenvalue weighted by molar-refractivity contribution is 5.92. The number of aryl methyl sites for hydroxylation is 1. The van der Waals surface area contributed by atoms with Gasteiger partial charge < -0.3 is 19.7 Å². The number of rotatable bonds is 3. The molecule has 2 aromatic rings. The van der Waals surface area contributed by atoms with Crippen LogP contribution < -0.4 is 20.3 Å².